The zero-order valence-electron chi connectivity index (χ0n) is 10.4. The summed E-state index contributed by atoms with van der Waals surface area (Å²) in [4.78, 5) is 10.8. The Morgan fingerprint density at radius 2 is 2.11 bits per heavy atom. The summed E-state index contributed by atoms with van der Waals surface area (Å²) in [5.41, 5.74) is -0.116. The maximum atomic E-state index is 12.0. The molecule has 0 fully saturated rings. The van der Waals surface area contributed by atoms with E-state index in [1.54, 1.807) is 0 Å². The first kappa shape index (κ1) is 15.9. The lowest BCUT2D eigenvalue weighted by Gasteiger charge is -2.06. The Kier molecular flexibility index (Phi) is 5.78. The molecule has 0 heterocycles. The van der Waals surface area contributed by atoms with Crippen LogP contribution in [0.1, 0.15) is 23.7 Å². The Morgan fingerprint density at radius 3 is 2.63 bits per heavy atom. The molecule has 0 aromatic heterocycles. The number of carboxylic acid groups (broad SMARTS) is 1. The van der Waals surface area contributed by atoms with Crippen molar-refractivity contribution in [2.75, 3.05) is 19.0 Å². The van der Waals surface area contributed by atoms with E-state index >= 15 is 0 Å². The van der Waals surface area contributed by atoms with E-state index in [4.69, 9.17) is 21.4 Å². The number of halogens is 1. The molecule has 0 amide bonds. The van der Waals surface area contributed by atoms with Crippen molar-refractivity contribution in [2.45, 2.75) is 18.2 Å². The van der Waals surface area contributed by atoms with Gasteiger partial charge in [0.15, 0.2) is 9.84 Å². The number of benzene rings is 1. The summed E-state index contributed by atoms with van der Waals surface area (Å²) in [6, 6.07) is 3.62. The van der Waals surface area contributed by atoms with Crippen molar-refractivity contribution in [1.82, 2.24) is 0 Å². The van der Waals surface area contributed by atoms with Gasteiger partial charge in [-0.2, -0.15) is 0 Å². The number of rotatable bonds is 7. The van der Waals surface area contributed by atoms with E-state index in [0.29, 0.717) is 19.6 Å². The fraction of sp³-hybridized carbons (Fsp3) is 0.417. The third kappa shape index (κ3) is 4.49. The summed E-state index contributed by atoms with van der Waals surface area (Å²) in [5, 5.41) is 8.72. The topological polar surface area (TPSA) is 80.7 Å². The first-order valence-electron chi connectivity index (χ1n) is 5.72. The Labute approximate surface area is 117 Å². The van der Waals surface area contributed by atoms with E-state index in [-0.39, 0.29) is 21.2 Å². The molecule has 1 rings (SSSR count). The highest BCUT2D eigenvalue weighted by molar-refractivity contribution is 7.91. The molecule has 0 spiro atoms. The lowest BCUT2D eigenvalue weighted by molar-refractivity contribution is 0.0697. The van der Waals surface area contributed by atoms with E-state index in [1.807, 2.05) is 6.92 Å². The summed E-state index contributed by atoms with van der Waals surface area (Å²) >= 11 is 5.74. The van der Waals surface area contributed by atoms with Gasteiger partial charge < -0.3 is 9.84 Å². The van der Waals surface area contributed by atoms with Crippen LogP contribution in [0.2, 0.25) is 5.02 Å². The average molecular weight is 307 g/mol. The van der Waals surface area contributed by atoms with E-state index in [1.165, 1.54) is 18.2 Å². The molecule has 1 aromatic carbocycles. The number of hydrogen-bond donors (Lipinski definition) is 1. The van der Waals surface area contributed by atoms with Gasteiger partial charge in [-0.25, -0.2) is 13.2 Å². The first-order chi connectivity index (χ1) is 8.88. The average Bonchev–Trinajstić information content (AvgIpc) is 2.34. The van der Waals surface area contributed by atoms with Gasteiger partial charge in [0, 0.05) is 13.2 Å². The molecule has 0 aliphatic heterocycles. The maximum absolute atomic E-state index is 12.0. The maximum Gasteiger partial charge on any atom is 0.337 e. The molecule has 19 heavy (non-hydrogen) atoms. The molecule has 0 radical (unpaired) electrons. The van der Waals surface area contributed by atoms with Crippen molar-refractivity contribution in [3.8, 4) is 0 Å². The molecule has 106 valence electrons. The molecule has 0 saturated heterocycles. The summed E-state index contributed by atoms with van der Waals surface area (Å²) in [6.07, 6.45) is 0.383. The van der Waals surface area contributed by atoms with E-state index in [0.717, 1.165) is 0 Å². The van der Waals surface area contributed by atoms with Gasteiger partial charge in [0.05, 0.1) is 21.2 Å². The monoisotopic (exact) mass is 306 g/mol. The van der Waals surface area contributed by atoms with Crippen LogP contribution in [0.15, 0.2) is 23.1 Å². The minimum atomic E-state index is -3.46. The van der Waals surface area contributed by atoms with E-state index in [2.05, 4.69) is 0 Å². The van der Waals surface area contributed by atoms with Crippen molar-refractivity contribution >= 4 is 27.4 Å². The van der Waals surface area contributed by atoms with Crippen molar-refractivity contribution in [3.05, 3.63) is 28.8 Å². The number of sulfone groups is 1. The van der Waals surface area contributed by atoms with Gasteiger partial charge in [0.25, 0.3) is 0 Å². The number of ether oxygens (including phenoxy) is 1. The van der Waals surface area contributed by atoms with Gasteiger partial charge >= 0.3 is 5.97 Å². The highest BCUT2D eigenvalue weighted by Gasteiger charge is 2.17. The second-order valence-electron chi connectivity index (χ2n) is 3.82. The largest absolute Gasteiger partial charge is 0.478 e. The van der Waals surface area contributed by atoms with Crippen LogP contribution in [0.25, 0.3) is 0 Å². The highest BCUT2D eigenvalue weighted by atomic mass is 35.5. The fourth-order valence-electron chi connectivity index (χ4n) is 1.48. The molecule has 0 saturated carbocycles. The zero-order valence-corrected chi connectivity index (χ0v) is 12.0. The fourth-order valence-corrected chi connectivity index (χ4v) is 3.11. The summed E-state index contributed by atoms with van der Waals surface area (Å²) < 4.78 is 29.0. The number of carboxylic acids is 1. The van der Waals surface area contributed by atoms with Crippen LogP contribution >= 0.6 is 11.6 Å². The van der Waals surface area contributed by atoms with Gasteiger partial charge in [0.1, 0.15) is 0 Å². The standard InChI is InChI=1S/C12H15ClO5S/c1-2-18-6-3-7-19(16,17)9-4-5-10(12(14)15)11(13)8-9/h4-5,8H,2-3,6-7H2,1H3,(H,14,15). The summed E-state index contributed by atoms with van der Waals surface area (Å²) in [7, 11) is -3.46. The molecule has 0 aliphatic carbocycles. The van der Waals surface area contributed by atoms with Gasteiger partial charge in [-0.3, -0.25) is 0 Å². The minimum absolute atomic E-state index is 0.0269. The van der Waals surface area contributed by atoms with Crippen molar-refractivity contribution in [2.24, 2.45) is 0 Å². The Balaban J connectivity index is 2.84. The third-order valence-electron chi connectivity index (χ3n) is 2.44. The minimum Gasteiger partial charge on any atom is -0.478 e. The second-order valence-corrected chi connectivity index (χ2v) is 6.33. The lowest BCUT2D eigenvalue weighted by Crippen LogP contribution is -2.10. The van der Waals surface area contributed by atoms with Gasteiger partial charge in [-0.15, -0.1) is 0 Å². The van der Waals surface area contributed by atoms with Crippen LogP contribution in [-0.4, -0.2) is 38.5 Å². The highest BCUT2D eigenvalue weighted by Crippen LogP contribution is 2.22. The van der Waals surface area contributed by atoms with Crippen molar-refractivity contribution in [3.63, 3.8) is 0 Å². The molecular weight excluding hydrogens is 292 g/mol. The first-order valence-corrected chi connectivity index (χ1v) is 7.75. The SMILES string of the molecule is CCOCCCS(=O)(=O)c1ccc(C(=O)O)c(Cl)c1. The molecule has 0 atom stereocenters. The Bertz CT molecular complexity index is 553. The molecule has 0 bridgehead atoms. The van der Waals surface area contributed by atoms with Crippen molar-refractivity contribution < 1.29 is 23.1 Å². The van der Waals surface area contributed by atoms with Crippen molar-refractivity contribution in [1.29, 1.82) is 0 Å². The van der Waals surface area contributed by atoms with E-state index in [9.17, 15) is 13.2 Å². The smallest absolute Gasteiger partial charge is 0.337 e. The van der Waals surface area contributed by atoms with Gasteiger partial charge in [-0.05, 0) is 31.5 Å². The van der Waals surface area contributed by atoms with Crippen LogP contribution in [-0.2, 0) is 14.6 Å². The number of aromatic carboxylic acids is 1. The molecule has 7 heteroatoms. The third-order valence-corrected chi connectivity index (χ3v) is 4.55. The zero-order chi connectivity index (χ0) is 14.5. The van der Waals surface area contributed by atoms with Gasteiger partial charge in [-0.1, -0.05) is 11.6 Å². The predicted octanol–water partition coefficient (Wildman–Crippen LogP) is 2.24. The molecule has 0 aliphatic rings. The van der Waals surface area contributed by atoms with Gasteiger partial charge in [0.2, 0.25) is 0 Å². The molecular formula is C12H15ClO5S. The summed E-state index contributed by atoms with van der Waals surface area (Å²) in [5.74, 6) is -1.25. The second kappa shape index (κ2) is 6.88. The Hall–Kier alpha value is -1.11. The number of hydrogen-bond acceptors (Lipinski definition) is 4. The van der Waals surface area contributed by atoms with Crippen LogP contribution in [0.4, 0.5) is 0 Å². The molecule has 5 nitrogen and oxygen atoms in total. The van der Waals surface area contributed by atoms with Crippen LogP contribution in [0, 0.1) is 0 Å². The molecule has 1 aromatic rings. The van der Waals surface area contributed by atoms with Crippen LogP contribution in [0.3, 0.4) is 0 Å². The summed E-state index contributed by atoms with van der Waals surface area (Å²) in [6.45, 7) is 2.74. The number of carbonyl (C=O) groups is 1. The van der Waals surface area contributed by atoms with E-state index < -0.39 is 15.8 Å². The van der Waals surface area contributed by atoms with Crippen LogP contribution < -0.4 is 0 Å². The normalized spacial score (nSPS) is 11.5. The molecule has 0 unspecified atom stereocenters. The predicted molar refractivity (Wildman–Crippen MR) is 71.6 cm³/mol. The Morgan fingerprint density at radius 1 is 1.42 bits per heavy atom. The lowest BCUT2D eigenvalue weighted by atomic mass is 10.2. The molecule has 1 N–H and O–H groups in total. The quantitative estimate of drug-likeness (QED) is 0.781. The van der Waals surface area contributed by atoms with Crippen LogP contribution in [0.5, 0.6) is 0 Å².